The van der Waals surface area contributed by atoms with Crippen LogP contribution in [0.2, 0.25) is 0 Å². The predicted octanol–water partition coefficient (Wildman–Crippen LogP) is 2.28. The number of benzene rings is 1. The van der Waals surface area contributed by atoms with Crippen molar-refractivity contribution in [2.24, 2.45) is 5.41 Å². The number of fused-ring (bicyclic) bond motifs is 1. The van der Waals surface area contributed by atoms with E-state index in [0.29, 0.717) is 6.61 Å². The summed E-state index contributed by atoms with van der Waals surface area (Å²) in [5.74, 6) is 0.930. The SMILES string of the molecule is CC(C)(C)C(=O)NC1COc2ccccc21. The van der Waals surface area contributed by atoms with E-state index in [4.69, 9.17) is 4.74 Å². The first-order chi connectivity index (χ1) is 7.48. The van der Waals surface area contributed by atoms with Crippen molar-refractivity contribution in [1.29, 1.82) is 0 Å². The molecule has 3 nitrogen and oxygen atoms in total. The monoisotopic (exact) mass is 219 g/mol. The molecule has 1 atom stereocenters. The summed E-state index contributed by atoms with van der Waals surface area (Å²) in [7, 11) is 0. The highest BCUT2D eigenvalue weighted by atomic mass is 16.5. The van der Waals surface area contributed by atoms with Gasteiger partial charge in [0.2, 0.25) is 5.91 Å². The number of hydrogen-bond donors (Lipinski definition) is 1. The van der Waals surface area contributed by atoms with Gasteiger partial charge in [-0.25, -0.2) is 0 Å². The molecule has 3 heteroatoms. The van der Waals surface area contributed by atoms with Gasteiger partial charge in [0.15, 0.2) is 0 Å². The molecule has 0 spiro atoms. The number of ether oxygens (including phenoxy) is 1. The maximum atomic E-state index is 11.9. The lowest BCUT2D eigenvalue weighted by atomic mass is 9.95. The molecule has 1 amide bonds. The summed E-state index contributed by atoms with van der Waals surface area (Å²) in [6.07, 6.45) is 0. The zero-order chi connectivity index (χ0) is 11.8. The Morgan fingerprint density at radius 2 is 2.06 bits per heavy atom. The largest absolute Gasteiger partial charge is 0.491 e. The molecule has 86 valence electrons. The van der Waals surface area contributed by atoms with Crippen molar-refractivity contribution in [2.75, 3.05) is 6.61 Å². The molecule has 1 aromatic carbocycles. The molecule has 1 aromatic rings. The third-order valence-electron chi connectivity index (χ3n) is 2.69. The quantitative estimate of drug-likeness (QED) is 0.787. The van der Waals surface area contributed by atoms with Gasteiger partial charge >= 0.3 is 0 Å². The van der Waals surface area contributed by atoms with Crippen LogP contribution in [0, 0.1) is 5.41 Å². The molecule has 0 bridgehead atoms. The molecule has 1 unspecified atom stereocenters. The summed E-state index contributed by atoms with van der Waals surface area (Å²) >= 11 is 0. The summed E-state index contributed by atoms with van der Waals surface area (Å²) in [5.41, 5.74) is 0.706. The van der Waals surface area contributed by atoms with Crippen LogP contribution in [-0.4, -0.2) is 12.5 Å². The Labute approximate surface area is 95.8 Å². The van der Waals surface area contributed by atoms with Crippen LogP contribution >= 0.6 is 0 Å². The van der Waals surface area contributed by atoms with Crippen molar-refractivity contribution in [3.63, 3.8) is 0 Å². The van der Waals surface area contributed by atoms with Gasteiger partial charge in [0, 0.05) is 11.0 Å². The fourth-order valence-electron chi connectivity index (χ4n) is 1.66. The third-order valence-corrected chi connectivity index (χ3v) is 2.69. The maximum absolute atomic E-state index is 11.9. The van der Waals surface area contributed by atoms with E-state index in [-0.39, 0.29) is 17.4 Å². The van der Waals surface area contributed by atoms with E-state index in [1.54, 1.807) is 0 Å². The average Bonchev–Trinajstić information content (AvgIpc) is 2.61. The minimum Gasteiger partial charge on any atom is -0.491 e. The Morgan fingerprint density at radius 3 is 2.75 bits per heavy atom. The lowest BCUT2D eigenvalue weighted by Gasteiger charge is -2.20. The minimum absolute atomic E-state index is 0.0112. The predicted molar refractivity (Wildman–Crippen MR) is 62.3 cm³/mol. The van der Waals surface area contributed by atoms with E-state index in [1.165, 1.54) is 0 Å². The molecule has 1 N–H and O–H groups in total. The van der Waals surface area contributed by atoms with Crippen LogP contribution in [-0.2, 0) is 4.79 Å². The molecular formula is C13H17NO2. The van der Waals surface area contributed by atoms with Gasteiger partial charge in [-0.05, 0) is 6.07 Å². The molecule has 16 heavy (non-hydrogen) atoms. The average molecular weight is 219 g/mol. The summed E-state index contributed by atoms with van der Waals surface area (Å²) in [6, 6.07) is 7.81. The van der Waals surface area contributed by atoms with Crippen molar-refractivity contribution in [2.45, 2.75) is 26.8 Å². The number of carbonyl (C=O) groups is 1. The Bertz CT molecular complexity index is 407. The number of rotatable bonds is 1. The normalized spacial score (nSPS) is 18.8. The van der Waals surface area contributed by atoms with E-state index in [2.05, 4.69) is 5.32 Å². The highest BCUT2D eigenvalue weighted by Gasteiger charge is 2.29. The molecule has 0 fully saturated rings. The van der Waals surface area contributed by atoms with Crippen molar-refractivity contribution in [3.05, 3.63) is 29.8 Å². The van der Waals surface area contributed by atoms with E-state index < -0.39 is 0 Å². The topological polar surface area (TPSA) is 38.3 Å². The Hall–Kier alpha value is -1.51. The van der Waals surface area contributed by atoms with Crippen molar-refractivity contribution >= 4 is 5.91 Å². The van der Waals surface area contributed by atoms with Crippen molar-refractivity contribution in [1.82, 2.24) is 5.32 Å². The molecule has 0 aliphatic carbocycles. The van der Waals surface area contributed by atoms with Gasteiger partial charge in [0.05, 0.1) is 6.04 Å². The molecule has 0 saturated carbocycles. The Kier molecular flexibility index (Phi) is 2.62. The fourth-order valence-corrected chi connectivity index (χ4v) is 1.66. The van der Waals surface area contributed by atoms with Crippen LogP contribution in [0.25, 0.3) is 0 Å². The Balaban J connectivity index is 2.12. The lowest BCUT2D eigenvalue weighted by Crippen LogP contribution is -2.37. The van der Waals surface area contributed by atoms with Crippen molar-refractivity contribution < 1.29 is 9.53 Å². The summed E-state index contributed by atoms with van der Waals surface area (Å²) in [4.78, 5) is 11.9. The fraction of sp³-hybridized carbons (Fsp3) is 0.462. The molecule has 2 rings (SSSR count). The number of nitrogens with one attached hydrogen (secondary N) is 1. The molecule has 0 aromatic heterocycles. The molecule has 1 aliphatic heterocycles. The number of para-hydroxylation sites is 1. The number of hydrogen-bond acceptors (Lipinski definition) is 2. The van der Waals surface area contributed by atoms with E-state index in [0.717, 1.165) is 11.3 Å². The van der Waals surface area contributed by atoms with E-state index >= 15 is 0 Å². The van der Waals surface area contributed by atoms with Crippen LogP contribution in [0.3, 0.4) is 0 Å². The highest BCUT2D eigenvalue weighted by Crippen LogP contribution is 2.32. The first-order valence-electron chi connectivity index (χ1n) is 5.51. The van der Waals surface area contributed by atoms with Crippen LogP contribution < -0.4 is 10.1 Å². The number of carbonyl (C=O) groups excluding carboxylic acids is 1. The summed E-state index contributed by atoms with van der Waals surface area (Å²) < 4.78 is 5.51. The number of amides is 1. The van der Waals surface area contributed by atoms with Gasteiger partial charge < -0.3 is 10.1 Å². The van der Waals surface area contributed by atoms with Crippen LogP contribution in [0.5, 0.6) is 5.75 Å². The zero-order valence-electron chi connectivity index (χ0n) is 9.91. The second-order valence-corrected chi connectivity index (χ2v) is 5.12. The van der Waals surface area contributed by atoms with Gasteiger partial charge in [-0.1, -0.05) is 39.0 Å². The van der Waals surface area contributed by atoms with Crippen molar-refractivity contribution in [3.8, 4) is 5.75 Å². The molecule has 0 saturated heterocycles. The second-order valence-electron chi connectivity index (χ2n) is 5.12. The lowest BCUT2D eigenvalue weighted by molar-refractivity contribution is -0.129. The highest BCUT2D eigenvalue weighted by molar-refractivity contribution is 5.82. The van der Waals surface area contributed by atoms with Gasteiger partial charge in [-0.2, -0.15) is 0 Å². The summed E-state index contributed by atoms with van der Waals surface area (Å²) in [6.45, 7) is 6.25. The van der Waals surface area contributed by atoms with Gasteiger partial charge in [-0.3, -0.25) is 4.79 Å². The van der Waals surface area contributed by atoms with Crippen LogP contribution in [0.4, 0.5) is 0 Å². The molecule has 0 radical (unpaired) electrons. The summed E-state index contributed by atoms with van der Waals surface area (Å²) in [5, 5.41) is 3.01. The first-order valence-corrected chi connectivity index (χ1v) is 5.51. The van der Waals surface area contributed by atoms with E-state index in [1.807, 2.05) is 45.0 Å². The van der Waals surface area contributed by atoms with Gasteiger partial charge in [0.1, 0.15) is 12.4 Å². The smallest absolute Gasteiger partial charge is 0.225 e. The van der Waals surface area contributed by atoms with Crippen LogP contribution in [0.15, 0.2) is 24.3 Å². The standard InChI is InChI=1S/C13H17NO2/c1-13(2,3)12(15)14-10-8-16-11-7-5-4-6-9(10)11/h4-7,10H,8H2,1-3H3,(H,14,15). The zero-order valence-corrected chi connectivity index (χ0v) is 9.91. The maximum Gasteiger partial charge on any atom is 0.225 e. The molecule has 1 aliphatic rings. The van der Waals surface area contributed by atoms with E-state index in [9.17, 15) is 4.79 Å². The van der Waals surface area contributed by atoms with Gasteiger partial charge in [-0.15, -0.1) is 0 Å². The second kappa shape index (κ2) is 3.81. The van der Waals surface area contributed by atoms with Crippen LogP contribution in [0.1, 0.15) is 32.4 Å². The molecular weight excluding hydrogens is 202 g/mol. The van der Waals surface area contributed by atoms with Gasteiger partial charge in [0.25, 0.3) is 0 Å². The molecule has 1 heterocycles. The minimum atomic E-state index is -0.364. The third kappa shape index (κ3) is 2.03. The first kappa shape index (κ1) is 11.0. The Morgan fingerprint density at radius 1 is 1.38 bits per heavy atom.